The molecule has 1 aromatic heterocycles. The van der Waals surface area contributed by atoms with Crippen LogP contribution in [0, 0.1) is 6.92 Å². The van der Waals surface area contributed by atoms with E-state index in [1.165, 1.54) is 5.56 Å². The number of hydrogen-bond acceptors (Lipinski definition) is 3. The Kier molecular flexibility index (Phi) is 3.25. The molecule has 3 atom stereocenters. The van der Waals surface area contributed by atoms with Crippen molar-refractivity contribution in [2.45, 2.75) is 50.9 Å². The average Bonchev–Trinajstić information content (AvgIpc) is 3.00. The van der Waals surface area contributed by atoms with E-state index >= 15 is 0 Å². The number of aryl methyl sites for hydroxylation is 1. The van der Waals surface area contributed by atoms with Crippen LogP contribution in [-0.2, 0) is 15.9 Å². The molecule has 5 heteroatoms. The van der Waals surface area contributed by atoms with Crippen LogP contribution in [0.2, 0.25) is 0 Å². The van der Waals surface area contributed by atoms with Gasteiger partial charge in [-0.3, -0.25) is 9.89 Å². The zero-order chi connectivity index (χ0) is 16.2. The van der Waals surface area contributed by atoms with E-state index in [0.717, 1.165) is 36.2 Å². The van der Waals surface area contributed by atoms with Gasteiger partial charge in [-0.15, -0.1) is 0 Å². The maximum atomic E-state index is 12.9. The van der Waals surface area contributed by atoms with E-state index in [4.69, 9.17) is 9.47 Å². The standard InChI is InChI=1S/C18H22N2O3/c1-11-4-6-12(7-5-11)20-17(21)16-13-8-9-15(22-3)23-18(13,2)10-14(16)19-20/h4-7,13,15,19H,8-10H2,1-3H3/t13-,15+,18+/m1/s1. The largest absolute Gasteiger partial charge is 0.356 e. The lowest BCUT2D eigenvalue weighted by atomic mass is 9.83. The number of benzene rings is 1. The molecule has 0 radical (unpaired) electrons. The summed E-state index contributed by atoms with van der Waals surface area (Å²) in [6, 6.07) is 7.98. The Labute approximate surface area is 135 Å². The molecule has 0 spiro atoms. The number of methoxy groups -OCH3 is 1. The molecule has 122 valence electrons. The number of nitrogens with one attached hydrogen (secondary N) is 1. The fourth-order valence-corrected chi connectivity index (χ4v) is 4.05. The molecule has 0 amide bonds. The Hall–Kier alpha value is -1.85. The first-order valence-electron chi connectivity index (χ1n) is 8.13. The van der Waals surface area contributed by atoms with Crippen LogP contribution >= 0.6 is 0 Å². The monoisotopic (exact) mass is 314 g/mol. The predicted molar refractivity (Wildman–Crippen MR) is 87.1 cm³/mol. The van der Waals surface area contributed by atoms with E-state index in [-0.39, 0.29) is 23.4 Å². The van der Waals surface area contributed by atoms with Crippen molar-refractivity contribution in [1.82, 2.24) is 9.78 Å². The highest BCUT2D eigenvalue weighted by molar-refractivity contribution is 5.40. The van der Waals surface area contributed by atoms with Crippen molar-refractivity contribution in [2.24, 2.45) is 0 Å². The fraction of sp³-hybridized carbons (Fsp3) is 0.500. The molecule has 1 aromatic carbocycles. The van der Waals surface area contributed by atoms with E-state index in [9.17, 15) is 4.79 Å². The third kappa shape index (κ3) is 2.18. The molecule has 1 N–H and O–H groups in total. The summed E-state index contributed by atoms with van der Waals surface area (Å²) in [6.07, 6.45) is 2.30. The van der Waals surface area contributed by atoms with Gasteiger partial charge in [0.2, 0.25) is 0 Å². The number of hydrogen-bond donors (Lipinski definition) is 1. The van der Waals surface area contributed by atoms with Crippen LogP contribution in [-0.4, -0.2) is 28.8 Å². The smallest absolute Gasteiger partial charge is 0.275 e. The number of ether oxygens (including phenoxy) is 2. The molecule has 0 bridgehead atoms. The molecule has 4 rings (SSSR count). The van der Waals surface area contributed by atoms with Crippen LogP contribution in [0.25, 0.3) is 5.69 Å². The van der Waals surface area contributed by atoms with Gasteiger partial charge in [0, 0.05) is 30.7 Å². The Morgan fingerprint density at radius 1 is 1.30 bits per heavy atom. The van der Waals surface area contributed by atoms with Crippen LogP contribution in [0.1, 0.15) is 42.5 Å². The maximum Gasteiger partial charge on any atom is 0.275 e. The lowest BCUT2D eigenvalue weighted by Crippen LogP contribution is -2.44. The first-order chi connectivity index (χ1) is 11.0. The number of rotatable bonds is 2. The molecule has 5 nitrogen and oxygen atoms in total. The molecule has 2 aromatic rings. The van der Waals surface area contributed by atoms with Crippen molar-refractivity contribution in [3.05, 3.63) is 51.4 Å². The van der Waals surface area contributed by atoms with Crippen molar-refractivity contribution in [3.63, 3.8) is 0 Å². The van der Waals surface area contributed by atoms with Crippen LogP contribution in [0.15, 0.2) is 29.1 Å². The molecule has 0 unspecified atom stereocenters. The van der Waals surface area contributed by atoms with Gasteiger partial charge in [0.05, 0.1) is 11.3 Å². The van der Waals surface area contributed by atoms with Crippen LogP contribution in [0.4, 0.5) is 0 Å². The lowest BCUT2D eigenvalue weighted by molar-refractivity contribution is -0.223. The van der Waals surface area contributed by atoms with E-state index in [0.29, 0.717) is 0 Å². The number of H-pyrrole nitrogens is 1. The van der Waals surface area contributed by atoms with Crippen molar-refractivity contribution >= 4 is 0 Å². The quantitative estimate of drug-likeness (QED) is 0.927. The Bertz CT molecular complexity index is 790. The van der Waals surface area contributed by atoms with Gasteiger partial charge in [-0.25, -0.2) is 4.68 Å². The Balaban J connectivity index is 1.73. The topological polar surface area (TPSA) is 56.2 Å². The summed E-state index contributed by atoms with van der Waals surface area (Å²) in [4.78, 5) is 12.9. The summed E-state index contributed by atoms with van der Waals surface area (Å²) in [6.45, 7) is 4.13. The number of aromatic nitrogens is 2. The van der Waals surface area contributed by atoms with Gasteiger partial charge >= 0.3 is 0 Å². The summed E-state index contributed by atoms with van der Waals surface area (Å²) < 4.78 is 13.1. The molecule has 1 saturated heterocycles. The minimum Gasteiger partial charge on any atom is -0.356 e. The fourth-order valence-electron chi connectivity index (χ4n) is 4.05. The third-order valence-corrected chi connectivity index (χ3v) is 5.27. The van der Waals surface area contributed by atoms with Crippen LogP contribution < -0.4 is 5.56 Å². The second kappa shape index (κ2) is 5.08. The number of nitrogens with zero attached hydrogens (tertiary/aromatic N) is 1. The second-order valence-electron chi connectivity index (χ2n) is 6.88. The average molecular weight is 314 g/mol. The highest BCUT2D eigenvalue weighted by Crippen LogP contribution is 2.48. The summed E-state index contributed by atoms with van der Waals surface area (Å²) in [7, 11) is 1.67. The van der Waals surface area contributed by atoms with Crippen molar-refractivity contribution in [2.75, 3.05) is 7.11 Å². The van der Waals surface area contributed by atoms with Crippen LogP contribution in [0.3, 0.4) is 0 Å². The van der Waals surface area contributed by atoms with Crippen molar-refractivity contribution in [3.8, 4) is 5.69 Å². The SMILES string of the molecule is CO[C@@H]1CC[C@@H]2c3c([nH]n(-c4ccc(C)cc4)c3=O)C[C@]2(C)O1. The first kappa shape index (κ1) is 14.7. The minimum absolute atomic E-state index is 0.0528. The van der Waals surface area contributed by atoms with Gasteiger partial charge in [-0.1, -0.05) is 17.7 Å². The Morgan fingerprint density at radius 3 is 2.74 bits per heavy atom. The van der Waals surface area contributed by atoms with Crippen LogP contribution in [0.5, 0.6) is 0 Å². The molecular weight excluding hydrogens is 292 g/mol. The van der Waals surface area contributed by atoms with Gasteiger partial charge in [0.15, 0.2) is 6.29 Å². The van der Waals surface area contributed by atoms with Gasteiger partial charge in [-0.05, 0) is 38.8 Å². The summed E-state index contributed by atoms with van der Waals surface area (Å²) in [5, 5.41) is 3.30. The van der Waals surface area contributed by atoms with E-state index in [1.807, 2.05) is 31.2 Å². The predicted octanol–water partition coefficient (Wildman–Crippen LogP) is 2.66. The second-order valence-corrected chi connectivity index (χ2v) is 6.88. The highest BCUT2D eigenvalue weighted by atomic mass is 16.7. The molecular formula is C18H22N2O3. The highest BCUT2D eigenvalue weighted by Gasteiger charge is 2.50. The zero-order valence-corrected chi connectivity index (χ0v) is 13.8. The summed E-state index contributed by atoms with van der Waals surface area (Å²) in [5.41, 5.74) is 3.66. The van der Waals surface area contributed by atoms with E-state index in [2.05, 4.69) is 12.0 Å². The van der Waals surface area contributed by atoms with Gasteiger partial charge in [0.1, 0.15) is 0 Å². The number of aromatic amines is 1. The Morgan fingerprint density at radius 2 is 2.04 bits per heavy atom. The molecule has 1 fully saturated rings. The molecule has 0 saturated carbocycles. The first-order valence-corrected chi connectivity index (χ1v) is 8.13. The molecule has 23 heavy (non-hydrogen) atoms. The molecule has 2 heterocycles. The molecule has 1 aliphatic carbocycles. The van der Waals surface area contributed by atoms with E-state index in [1.54, 1.807) is 11.8 Å². The summed E-state index contributed by atoms with van der Waals surface area (Å²) in [5.74, 6) is 0.138. The number of fused-ring (bicyclic) bond motifs is 3. The van der Waals surface area contributed by atoms with Crippen molar-refractivity contribution in [1.29, 1.82) is 0 Å². The van der Waals surface area contributed by atoms with Gasteiger partial charge < -0.3 is 9.47 Å². The van der Waals surface area contributed by atoms with Gasteiger partial charge in [-0.2, -0.15) is 0 Å². The maximum absolute atomic E-state index is 12.9. The van der Waals surface area contributed by atoms with Crippen molar-refractivity contribution < 1.29 is 9.47 Å². The molecule has 2 aliphatic rings. The zero-order valence-electron chi connectivity index (χ0n) is 13.8. The molecule has 1 aliphatic heterocycles. The minimum atomic E-state index is -0.342. The van der Waals surface area contributed by atoms with E-state index < -0.39 is 0 Å². The normalized spacial score (nSPS) is 29.3. The summed E-state index contributed by atoms with van der Waals surface area (Å²) >= 11 is 0. The van der Waals surface area contributed by atoms with Gasteiger partial charge in [0.25, 0.3) is 5.56 Å². The lowest BCUT2D eigenvalue weighted by Gasteiger charge is -2.40. The third-order valence-electron chi connectivity index (χ3n) is 5.27.